The van der Waals surface area contributed by atoms with Gasteiger partial charge in [0.05, 0.1) is 12.5 Å². The molecule has 2 aromatic rings. The first kappa shape index (κ1) is 6.60. The van der Waals surface area contributed by atoms with Crippen molar-refractivity contribution < 1.29 is 0 Å². The summed E-state index contributed by atoms with van der Waals surface area (Å²) >= 11 is 3.23. The van der Waals surface area contributed by atoms with Crippen LogP contribution in [0.4, 0.5) is 5.82 Å². The molecule has 0 radical (unpaired) electrons. The van der Waals surface area contributed by atoms with E-state index in [1.807, 2.05) is 4.40 Å². The van der Waals surface area contributed by atoms with E-state index in [9.17, 15) is 0 Å². The molecule has 0 atom stereocenters. The van der Waals surface area contributed by atoms with Crippen molar-refractivity contribution in [2.45, 2.75) is 0 Å². The van der Waals surface area contributed by atoms with E-state index in [1.165, 1.54) is 0 Å². The lowest BCUT2D eigenvalue weighted by atomic mass is 10.5. The summed E-state index contributed by atoms with van der Waals surface area (Å²) in [6.07, 6.45) is 5.16. The molecule has 0 aromatic carbocycles. The summed E-state index contributed by atoms with van der Waals surface area (Å²) < 4.78 is 2.52. The lowest BCUT2D eigenvalue weighted by molar-refractivity contribution is 1.10. The van der Waals surface area contributed by atoms with Crippen LogP contribution in [0.1, 0.15) is 0 Å². The third kappa shape index (κ3) is 0.970. The maximum Gasteiger partial charge on any atom is 0.150 e. The van der Waals surface area contributed by atoms with E-state index in [1.54, 1.807) is 18.7 Å². The van der Waals surface area contributed by atoms with Crippen LogP contribution in [-0.2, 0) is 0 Å². The van der Waals surface area contributed by atoms with Crippen molar-refractivity contribution in [2.75, 3.05) is 5.73 Å². The monoisotopic (exact) mass is 212 g/mol. The van der Waals surface area contributed by atoms with Gasteiger partial charge in [0.25, 0.3) is 0 Å². The zero-order chi connectivity index (χ0) is 7.84. The minimum Gasteiger partial charge on any atom is -0.382 e. The number of anilines is 1. The molecule has 0 fully saturated rings. The second-order valence-electron chi connectivity index (χ2n) is 2.14. The molecule has 2 rings (SSSR count). The Morgan fingerprint density at radius 2 is 2.36 bits per heavy atom. The summed E-state index contributed by atoms with van der Waals surface area (Å²) in [4.78, 5) is 7.93. The lowest BCUT2D eigenvalue weighted by Gasteiger charge is -1.97. The molecule has 2 aromatic heterocycles. The van der Waals surface area contributed by atoms with Crippen LogP contribution < -0.4 is 5.73 Å². The van der Waals surface area contributed by atoms with E-state index in [-0.39, 0.29) is 0 Å². The van der Waals surface area contributed by atoms with Gasteiger partial charge in [0, 0.05) is 6.20 Å². The molecule has 0 aliphatic carbocycles. The Kier molecular flexibility index (Phi) is 1.32. The number of hydrogen-bond acceptors (Lipinski definition) is 3. The molecule has 11 heavy (non-hydrogen) atoms. The van der Waals surface area contributed by atoms with Gasteiger partial charge in [-0.25, -0.2) is 9.97 Å². The van der Waals surface area contributed by atoms with E-state index in [0.29, 0.717) is 10.4 Å². The Morgan fingerprint density at radius 1 is 1.55 bits per heavy atom. The molecule has 0 amide bonds. The fourth-order valence-electron chi connectivity index (χ4n) is 0.922. The Hall–Kier alpha value is -1.10. The smallest absolute Gasteiger partial charge is 0.150 e. The standard InChI is InChI=1S/C6H5BrN4/c7-5-2-11-3-9-1-4(11)6(8)10-5/h1-3H,(H2,8,10). The Labute approximate surface area is 71.2 Å². The first-order valence-electron chi connectivity index (χ1n) is 3.01. The molecule has 0 saturated heterocycles. The summed E-state index contributed by atoms with van der Waals surface area (Å²) in [5.74, 6) is 0.483. The molecule has 2 heterocycles. The molecule has 56 valence electrons. The molecule has 0 spiro atoms. The highest BCUT2D eigenvalue weighted by Crippen LogP contribution is 2.13. The van der Waals surface area contributed by atoms with Crippen molar-refractivity contribution in [1.82, 2.24) is 14.4 Å². The van der Waals surface area contributed by atoms with Gasteiger partial charge in [-0.1, -0.05) is 0 Å². The largest absolute Gasteiger partial charge is 0.382 e. The number of imidazole rings is 1. The summed E-state index contributed by atoms with van der Waals surface area (Å²) in [6.45, 7) is 0. The van der Waals surface area contributed by atoms with Gasteiger partial charge in [-0.15, -0.1) is 0 Å². The second-order valence-corrected chi connectivity index (χ2v) is 2.95. The number of hydrogen-bond donors (Lipinski definition) is 1. The highest BCUT2D eigenvalue weighted by Gasteiger charge is 1.99. The van der Waals surface area contributed by atoms with Gasteiger partial charge < -0.3 is 10.1 Å². The van der Waals surface area contributed by atoms with Crippen molar-refractivity contribution in [3.05, 3.63) is 23.3 Å². The third-order valence-electron chi connectivity index (χ3n) is 1.40. The number of fused-ring (bicyclic) bond motifs is 1. The third-order valence-corrected chi connectivity index (χ3v) is 1.78. The quantitative estimate of drug-likeness (QED) is 0.712. The molecular weight excluding hydrogens is 208 g/mol. The van der Waals surface area contributed by atoms with Crippen molar-refractivity contribution in [2.24, 2.45) is 0 Å². The Bertz CT molecular complexity index is 394. The van der Waals surface area contributed by atoms with Crippen LogP contribution in [0.5, 0.6) is 0 Å². The van der Waals surface area contributed by atoms with Crippen molar-refractivity contribution in [1.29, 1.82) is 0 Å². The predicted molar refractivity (Wildman–Crippen MR) is 45.1 cm³/mol. The number of nitrogen functional groups attached to an aromatic ring is 1. The number of nitrogens with two attached hydrogens (primary N) is 1. The van der Waals surface area contributed by atoms with Crippen LogP contribution >= 0.6 is 15.9 Å². The van der Waals surface area contributed by atoms with Crippen LogP contribution in [0, 0.1) is 0 Å². The highest BCUT2D eigenvalue weighted by atomic mass is 79.9. The minimum absolute atomic E-state index is 0.483. The number of nitrogens with zero attached hydrogens (tertiary/aromatic N) is 3. The molecule has 0 aliphatic heterocycles. The van der Waals surface area contributed by atoms with E-state index in [0.717, 1.165) is 5.52 Å². The normalized spacial score (nSPS) is 10.6. The molecule has 5 heteroatoms. The fraction of sp³-hybridized carbons (Fsp3) is 0. The van der Waals surface area contributed by atoms with Crippen molar-refractivity contribution in [3.63, 3.8) is 0 Å². The molecule has 0 aliphatic rings. The van der Waals surface area contributed by atoms with Gasteiger partial charge >= 0.3 is 0 Å². The first-order chi connectivity index (χ1) is 5.27. The first-order valence-corrected chi connectivity index (χ1v) is 3.80. The van der Waals surface area contributed by atoms with E-state index < -0.39 is 0 Å². The average molecular weight is 213 g/mol. The molecule has 0 unspecified atom stereocenters. The zero-order valence-electron chi connectivity index (χ0n) is 5.53. The van der Waals surface area contributed by atoms with Crippen LogP contribution in [0.3, 0.4) is 0 Å². The van der Waals surface area contributed by atoms with E-state index >= 15 is 0 Å². The van der Waals surface area contributed by atoms with Gasteiger partial charge in [0.1, 0.15) is 10.1 Å². The molecular formula is C6H5BrN4. The Morgan fingerprint density at radius 3 is 3.18 bits per heavy atom. The topological polar surface area (TPSA) is 56.2 Å². The summed E-state index contributed by atoms with van der Waals surface area (Å²) in [5.41, 5.74) is 6.43. The lowest BCUT2D eigenvalue weighted by Crippen LogP contribution is -1.94. The molecule has 0 saturated carbocycles. The maximum atomic E-state index is 5.60. The Balaban J connectivity index is 2.91. The highest BCUT2D eigenvalue weighted by molar-refractivity contribution is 9.10. The van der Waals surface area contributed by atoms with Crippen molar-refractivity contribution >= 4 is 27.3 Å². The van der Waals surface area contributed by atoms with Crippen LogP contribution in [0.2, 0.25) is 0 Å². The van der Waals surface area contributed by atoms with Crippen LogP contribution in [0.15, 0.2) is 23.3 Å². The molecule has 4 nitrogen and oxygen atoms in total. The minimum atomic E-state index is 0.483. The SMILES string of the molecule is Nc1nc(Br)cn2cncc12. The average Bonchev–Trinajstić information content (AvgIpc) is 2.34. The second kappa shape index (κ2) is 2.20. The van der Waals surface area contributed by atoms with Gasteiger partial charge in [-0.3, -0.25) is 0 Å². The summed E-state index contributed by atoms with van der Waals surface area (Å²) in [7, 11) is 0. The maximum absolute atomic E-state index is 5.60. The molecule has 2 N–H and O–H groups in total. The number of rotatable bonds is 0. The van der Waals surface area contributed by atoms with E-state index in [2.05, 4.69) is 25.9 Å². The van der Waals surface area contributed by atoms with Gasteiger partial charge in [-0.05, 0) is 15.9 Å². The fourth-order valence-corrected chi connectivity index (χ4v) is 1.33. The zero-order valence-corrected chi connectivity index (χ0v) is 7.12. The summed E-state index contributed by atoms with van der Waals surface area (Å²) in [5, 5.41) is 0. The number of halogens is 1. The predicted octanol–water partition coefficient (Wildman–Crippen LogP) is 1.07. The van der Waals surface area contributed by atoms with Gasteiger partial charge in [0.15, 0.2) is 5.82 Å². The van der Waals surface area contributed by atoms with Gasteiger partial charge in [-0.2, -0.15) is 0 Å². The van der Waals surface area contributed by atoms with E-state index in [4.69, 9.17) is 5.73 Å². The van der Waals surface area contributed by atoms with Crippen LogP contribution in [0.25, 0.3) is 5.52 Å². The number of aromatic nitrogens is 3. The van der Waals surface area contributed by atoms with Crippen LogP contribution in [-0.4, -0.2) is 14.4 Å². The van der Waals surface area contributed by atoms with Gasteiger partial charge in [0.2, 0.25) is 0 Å². The molecule has 0 bridgehead atoms. The summed E-state index contributed by atoms with van der Waals surface area (Å²) in [6, 6.07) is 0. The van der Waals surface area contributed by atoms with Crippen molar-refractivity contribution in [3.8, 4) is 0 Å².